The minimum atomic E-state index is -0.984. The average Bonchev–Trinajstić information content (AvgIpc) is 3.48. The SMILES string of the molecule is Cc1cc2[nH]ncc2c(-c2c(-c3ccc(C(=O)O)cc3)nn(C3CCN(C(=O)OC(C)(C)C)CC3)c2C)c1Cl. The van der Waals surface area contributed by atoms with Gasteiger partial charge in [0.25, 0.3) is 0 Å². The fourth-order valence-electron chi connectivity index (χ4n) is 5.21. The van der Waals surface area contributed by atoms with E-state index in [1.54, 1.807) is 35.4 Å². The Morgan fingerprint density at radius 3 is 2.38 bits per heavy atom. The Labute approximate surface area is 231 Å². The van der Waals surface area contributed by atoms with Crippen molar-refractivity contribution in [1.82, 2.24) is 24.9 Å². The van der Waals surface area contributed by atoms with Crippen LogP contribution in [-0.4, -0.2) is 60.7 Å². The summed E-state index contributed by atoms with van der Waals surface area (Å²) in [5.41, 5.74) is 5.62. The van der Waals surface area contributed by atoms with Crippen molar-refractivity contribution < 1.29 is 19.4 Å². The minimum Gasteiger partial charge on any atom is -0.478 e. The Morgan fingerprint density at radius 1 is 1.10 bits per heavy atom. The number of benzene rings is 2. The molecule has 1 aliphatic heterocycles. The first-order chi connectivity index (χ1) is 18.4. The van der Waals surface area contributed by atoms with Gasteiger partial charge in [0.05, 0.1) is 28.3 Å². The molecule has 0 spiro atoms. The lowest BCUT2D eigenvalue weighted by Gasteiger charge is -2.34. The van der Waals surface area contributed by atoms with Gasteiger partial charge in [0.2, 0.25) is 0 Å². The maximum Gasteiger partial charge on any atom is 0.410 e. The Bertz CT molecular complexity index is 1560. The van der Waals surface area contributed by atoms with E-state index in [1.165, 1.54) is 0 Å². The number of aromatic amines is 1. The molecule has 2 aromatic heterocycles. The van der Waals surface area contributed by atoms with E-state index in [0.29, 0.717) is 23.8 Å². The van der Waals surface area contributed by atoms with E-state index < -0.39 is 11.6 Å². The van der Waals surface area contributed by atoms with Crippen LogP contribution in [-0.2, 0) is 4.74 Å². The number of amides is 1. The average molecular weight is 550 g/mol. The molecule has 39 heavy (non-hydrogen) atoms. The van der Waals surface area contributed by atoms with Gasteiger partial charge in [-0.1, -0.05) is 23.7 Å². The normalized spacial score (nSPS) is 14.7. The number of hydrogen-bond acceptors (Lipinski definition) is 5. The van der Waals surface area contributed by atoms with Crippen LogP contribution in [0.3, 0.4) is 0 Å². The van der Waals surface area contributed by atoms with Crippen molar-refractivity contribution in [3.8, 4) is 22.4 Å². The molecular weight excluding hydrogens is 518 g/mol. The van der Waals surface area contributed by atoms with E-state index in [2.05, 4.69) is 10.2 Å². The first-order valence-corrected chi connectivity index (χ1v) is 13.4. The van der Waals surface area contributed by atoms with Crippen LogP contribution in [0.1, 0.15) is 61.3 Å². The summed E-state index contributed by atoms with van der Waals surface area (Å²) in [5, 5.41) is 23.3. The van der Waals surface area contributed by atoms with Crippen LogP contribution in [0.4, 0.5) is 4.79 Å². The summed E-state index contributed by atoms with van der Waals surface area (Å²) in [6.45, 7) is 10.7. The molecule has 0 radical (unpaired) electrons. The molecule has 1 amide bonds. The molecule has 0 aliphatic carbocycles. The number of halogens is 1. The number of carboxylic acid groups (broad SMARTS) is 1. The highest BCUT2D eigenvalue weighted by Crippen LogP contribution is 2.44. The summed E-state index contributed by atoms with van der Waals surface area (Å²) < 4.78 is 7.60. The number of carboxylic acids is 1. The highest BCUT2D eigenvalue weighted by Gasteiger charge is 2.31. The van der Waals surface area contributed by atoms with Gasteiger partial charge in [-0.25, -0.2) is 9.59 Å². The fraction of sp³-hybridized carbons (Fsp3) is 0.379. The van der Waals surface area contributed by atoms with Crippen LogP contribution in [0.2, 0.25) is 5.02 Å². The van der Waals surface area contributed by atoms with Crippen molar-refractivity contribution in [3.05, 3.63) is 58.4 Å². The molecule has 10 heteroatoms. The second-order valence-electron chi connectivity index (χ2n) is 11.0. The number of nitrogens with one attached hydrogen (secondary N) is 1. The van der Waals surface area contributed by atoms with Gasteiger partial charge in [-0.2, -0.15) is 10.2 Å². The molecule has 9 nitrogen and oxygen atoms in total. The first-order valence-electron chi connectivity index (χ1n) is 13.0. The summed E-state index contributed by atoms with van der Waals surface area (Å²) in [5.74, 6) is -0.984. The third-order valence-corrected chi connectivity index (χ3v) is 7.62. The van der Waals surface area contributed by atoms with Gasteiger partial charge in [0.15, 0.2) is 0 Å². The van der Waals surface area contributed by atoms with Gasteiger partial charge in [0, 0.05) is 40.9 Å². The van der Waals surface area contributed by atoms with Crippen LogP contribution in [0, 0.1) is 13.8 Å². The topological polar surface area (TPSA) is 113 Å². The van der Waals surface area contributed by atoms with Gasteiger partial charge in [-0.05, 0) is 71.2 Å². The molecule has 0 saturated carbocycles. The first kappa shape index (κ1) is 26.7. The lowest BCUT2D eigenvalue weighted by Crippen LogP contribution is -2.42. The molecule has 1 saturated heterocycles. The van der Waals surface area contributed by atoms with Crippen molar-refractivity contribution in [2.24, 2.45) is 0 Å². The van der Waals surface area contributed by atoms with Crippen LogP contribution in [0.25, 0.3) is 33.3 Å². The van der Waals surface area contributed by atoms with E-state index >= 15 is 0 Å². The van der Waals surface area contributed by atoms with Gasteiger partial charge in [-0.15, -0.1) is 0 Å². The highest BCUT2D eigenvalue weighted by atomic mass is 35.5. The number of piperidine rings is 1. The predicted octanol–water partition coefficient (Wildman–Crippen LogP) is 6.63. The minimum absolute atomic E-state index is 0.0675. The summed E-state index contributed by atoms with van der Waals surface area (Å²) in [4.78, 5) is 25.8. The Hall–Kier alpha value is -3.85. The number of rotatable bonds is 4. The number of fused-ring (bicyclic) bond motifs is 1. The van der Waals surface area contributed by atoms with E-state index in [0.717, 1.165) is 51.7 Å². The Morgan fingerprint density at radius 2 is 1.77 bits per heavy atom. The maximum absolute atomic E-state index is 12.6. The van der Waals surface area contributed by atoms with Gasteiger partial charge in [0.1, 0.15) is 11.3 Å². The number of H-pyrrole nitrogens is 1. The van der Waals surface area contributed by atoms with Crippen molar-refractivity contribution in [1.29, 1.82) is 0 Å². The predicted molar refractivity (Wildman–Crippen MR) is 150 cm³/mol. The van der Waals surface area contributed by atoms with Crippen LogP contribution in [0.5, 0.6) is 0 Å². The van der Waals surface area contributed by atoms with Gasteiger partial charge in [-0.3, -0.25) is 9.78 Å². The second-order valence-corrected chi connectivity index (χ2v) is 11.4. The van der Waals surface area contributed by atoms with E-state index in [1.807, 2.05) is 45.4 Å². The van der Waals surface area contributed by atoms with Gasteiger partial charge < -0.3 is 14.7 Å². The standard InChI is InChI=1S/C29H32ClN5O4/c1-16-14-22-21(15-31-32-22)24(25(16)30)23-17(2)35(33-26(23)18-6-8-19(9-7-18)27(36)37)20-10-12-34(13-11-20)28(38)39-29(3,4)5/h6-9,14-15,20H,10-13H2,1-5H3,(H,31,32)(H,36,37). The number of ether oxygens (including phenoxy) is 1. The zero-order valence-corrected chi connectivity index (χ0v) is 23.5. The quantitative estimate of drug-likeness (QED) is 0.295. The van der Waals surface area contributed by atoms with Crippen molar-refractivity contribution >= 4 is 34.6 Å². The number of aryl methyl sites for hydroxylation is 1. The van der Waals surface area contributed by atoms with Crippen LogP contribution in [0.15, 0.2) is 36.5 Å². The molecule has 0 atom stereocenters. The molecule has 5 rings (SSSR count). The molecule has 1 fully saturated rings. The van der Waals surface area contributed by atoms with E-state index in [9.17, 15) is 14.7 Å². The number of nitrogens with zero attached hydrogens (tertiary/aromatic N) is 4. The Kier molecular flexibility index (Phi) is 6.88. The largest absolute Gasteiger partial charge is 0.478 e. The highest BCUT2D eigenvalue weighted by molar-refractivity contribution is 6.36. The smallest absolute Gasteiger partial charge is 0.410 e. The summed E-state index contributed by atoms with van der Waals surface area (Å²) in [7, 11) is 0. The number of aromatic carboxylic acids is 1. The third-order valence-electron chi connectivity index (χ3n) is 7.13. The number of carbonyl (C=O) groups is 2. The molecule has 3 heterocycles. The number of aromatic nitrogens is 4. The van der Waals surface area contributed by atoms with Crippen molar-refractivity contribution in [2.45, 2.75) is 59.1 Å². The summed E-state index contributed by atoms with van der Waals surface area (Å²) in [6, 6.07) is 8.77. The van der Waals surface area contributed by atoms with Crippen LogP contribution < -0.4 is 0 Å². The Balaban J connectivity index is 1.59. The summed E-state index contributed by atoms with van der Waals surface area (Å²) in [6.07, 6.45) is 2.92. The molecule has 4 aromatic rings. The maximum atomic E-state index is 12.6. The molecular formula is C29H32ClN5O4. The van der Waals surface area contributed by atoms with E-state index in [-0.39, 0.29) is 17.7 Å². The lowest BCUT2D eigenvalue weighted by atomic mass is 9.94. The molecule has 1 aliphatic rings. The summed E-state index contributed by atoms with van der Waals surface area (Å²) >= 11 is 6.95. The van der Waals surface area contributed by atoms with Crippen LogP contribution >= 0.6 is 11.6 Å². The number of hydrogen-bond donors (Lipinski definition) is 2. The molecule has 2 aromatic carbocycles. The molecule has 204 valence electrons. The third kappa shape index (κ3) is 5.11. The number of carbonyl (C=O) groups excluding carboxylic acids is 1. The second kappa shape index (κ2) is 10.0. The zero-order chi connectivity index (χ0) is 28.1. The number of likely N-dealkylation sites (tertiary alicyclic amines) is 1. The van der Waals surface area contributed by atoms with Crippen molar-refractivity contribution in [2.75, 3.05) is 13.1 Å². The molecule has 0 unspecified atom stereocenters. The van der Waals surface area contributed by atoms with Gasteiger partial charge >= 0.3 is 12.1 Å². The fourth-order valence-corrected chi connectivity index (χ4v) is 5.46. The van der Waals surface area contributed by atoms with E-state index in [4.69, 9.17) is 21.4 Å². The molecule has 0 bridgehead atoms. The van der Waals surface area contributed by atoms with Crippen molar-refractivity contribution in [3.63, 3.8) is 0 Å². The zero-order valence-electron chi connectivity index (χ0n) is 22.7. The molecule has 2 N–H and O–H groups in total. The lowest BCUT2D eigenvalue weighted by molar-refractivity contribution is 0.0184. The monoisotopic (exact) mass is 549 g/mol.